The molecule has 0 unspecified atom stereocenters. The number of Topliss-reactive ketones (excluding diaryl/α,β-unsaturated/α-hetero) is 1. The van der Waals surface area contributed by atoms with E-state index in [-0.39, 0.29) is 0 Å². The molecule has 0 N–H and O–H groups in total. The first-order valence-corrected chi connectivity index (χ1v) is 6.87. The predicted octanol–water partition coefficient (Wildman–Crippen LogP) is 4.53. The van der Waals surface area contributed by atoms with Gasteiger partial charge in [0.05, 0.1) is 12.7 Å². The minimum atomic E-state index is 0.300. The van der Waals surface area contributed by atoms with Crippen LogP contribution in [-0.2, 0) is 11.2 Å². The van der Waals surface area contributed by atoms with Gasteiger partial charge in [-0.2, -0.15) is 0 Å². The average molecular weight is 236 g/mol. The first kappa shape index (κ1) is 14.0. The molecule has 0 amide bonds. The van der Waals surface area contributed by atoms with Crippen molar-refractivity contribution < 1.29 is 9.21 Å². The topological polar surface area (TPSA) is 30.2 Å². The second kappa shape index (κ2) is 9.03. The Kier molecular flexibility index (Phi) is 7.44. The maximum atomic E-state index is 11.6. The summed E-state index contributed by atoms with van der Waals surface area (Å²) in [6.07, 6.45) is 11.6. The van der Waals surface area contributed by atoms with Crippen LogP contribution in [0.15, 0.2) is 22.8 Å². The van der Waals surface area contributed by atoms with E-state index in [4.69, 9.17) is 4.42 Å². The normalized spacial score (nSPS) is 10.6. The summed E-state index contributed by atoms with van der Waals surface area (Å²) in [7, 11) is 0. The second-order valence-electron chi connectivity index (χ2n) is 4.67. The van der Waals surface area contributed by atoms with Gasteiger partial charge in [-0.15, -0.1) is 0 Å². The number of carbonyl (C=O) groups is 1. The lowest BCUT2D eigenvalue weighted by Gasteiger charge is -2.00. The van der Waals surface area contributed by atoms with Crippen molar-refractivity contribution in [2.24, 2.45) is 0 Å². The molecule has 1 aromatic rings. The number of hydrogen-bond acceptors (Lipinski definition) is 2. The molecule has 1 rings (SSSR count). The van der Waals surface area contributed by atoms with Crippen LogP contribution in [0.1, 0.15) is 64.1 Å². The average Bonchev–Trinajstić information content (AvgIpc) is 2.80. The standard InChI is InChI=1S/C15H24O2/c1-2-3-4-5-6-7-8-10-14(16)13-15-11-9-12-17-15/h9,11-12H,2-8,10,13H2,1H3. The third-order valence-electron chi connectivity index (χ3n) is 3.01. The molecule has 2 nitrogen and oxygen atoms in total. The predicted molar refractivity (Wildman–Crippen MR) is 70.0 cm³/mol. The monoisotopic (exact) mass is 236 g/mol. The number of ketones is 1. The van der Waals surface area contributed by atoms with E-state index in [0.29, 0.717) is 18.6 Å². The molecule has 1 heterocycles. The minimum Gasteiger partial charge on any atom is -0.469 e. The van der Waals surface area contributed by atoms with Gasteiger partial charge in [0, 0.05) is 6.42 Å². The number of hydrogen-bond donors (Lipinski definition) is 0. The molecule has 96 valence electrons. The smallest absolute Gasteiger partial charge is 0.140 e. The second-order valence-corrected chi connectivity index (χ2v) is 4.67. The molecule has 0 radical (unpaired) electrons. The molecule has 0 aliphatic heterocycles. The van der Waals surface area contributed by atoms with Crippen LogP contribution in [0.4, 0.5) is 0 Å². The zero-order valence-electron chi connectivity index (χ0n) is 10.9. The zero-order valence-corrected chi connectivity index (χ0v) is 10.9. The SMILES string of the molecule is CCCCCCCCCC(=O)Cc1ccco1. The number of unbranched alkanes of at least 4 members (excludes halogenated alkanes) is 6. The largest absolute Gasteiger partial charge is 0.469 e. The van der Waals surface area contributed by atoms with E-state index < -0.39 is 0 Å². The van der Waals surface area contributed by atoms with Gasteiger partial charge in [-0.3, -0.25) is 4.79 Å². The van der Waals surface area contributed by atoms with E-state index in [1.165, 1.54) is 38.5 Å². The van der Waals surface area contributed by atoms with Crippen molar-refractivity contribution in [3.63, 3.8) is 0 Å². The van der Waals surface area contributed by atoms with Gasteiger partial charge < -0.3 is 4.42 Å². The van der Waals surface area contributed by atoms with Crippen molar-refractivity contribution >= 4 is 5.78 Å². The quantitative estimate of drug-likeness (QED) is 0.559. The van der Waals surface area contributed by atoms with Gasteiger partial charge in [-0.05, 0) is 18.6 Å². The molecule has 17 heavy (non-hydrogen) atoms. The molecule has 1 aromatic heterocycles. The van der Waals surface area contributed by atoms with Crippen LogP contribution in [0.25, 0.3) is 0 Å². The summed E-state index contributed by atoms with van der Waals surface area (Å²) in [5.41, 5.74) is 0. The van der Waals surface area contributed by atoms with E-state index in [1.54, 1.807) is 6.26 Å². The van der Waals surface area contributed by atoms with Gasteiger partial charge in [-0.1, -0.05) is 45.4 Å². The number of carbonyl (C=O) groups excluding carboxylic acids is 1. The number of rotatable bonds is 10. The van der Waals surface area contributed by atoms with Gasteiger partial charge in [-0.25, -0.2) is 0 Å². The van der Waals surface area contributed by atoms with Gasteiger partial charge in [0.25, 0.3) is 0 Å². The van der Waals surface area contributed by atoms with Crippen molar-refractivity contribution in [1.29, 1.82) is 0 Å². The summed E-state index contributed by atoms with van der Waals surface area (Å²) in [5, 5.41) is 0. The van der Waals surface area contributed by atoms with Gasteiger partial charge in [0.2, 0.25) is 0 Å². The van der Waals surface area contributed by atoms with Crippen LogP contribution in [0.5, 0.6) is 0 Å². The highest BCUT2D eigenvalue weighted by molar-refractivity contribution is 5.80. The molecule has 0 aliphatic carbocycles. The van der Waals surface area contributed by atoms with Crippen LogP contribution in [0, 0.1) is 0 Å². The molecular weight excluding hydrogens is 212 g/mol. The van der Waals surface area contributed by atoms with Crippen molar-refractivity contribution in [3.8, 4) is 0 Å². The highest BCUT2D eigenvalue weighted by Crippen LogP contribution is 2.10. The minimum absolute atomic E-state index is 0.300. The van der Waals surface area contributed by atoms with Crippen LogP contribution in [0.2, 0.25) is 0 Å². The first-order valence-electron chi connectivity index (χ1n) is 6.87. The maximum Gasteiger partial charge on any atom is 0.140 e. The van der Waals surface area contributed by atoms with E-state index >= 15 is 0 Å². The third kappa shape index (κ3) is 6.98. The van der Waals surface area contributed by atoms with Crippen molar-refractivity contribution in [2.45, 2.75) is 64.7 Å². The number of furan rings is 1. The molecule has 0 saturated heterocycles. The lowest BCUT2D eigenvalue weighted by atomic mass is 10.1. The Morgan fingerprint density at radius 1 is 1.12 bits per heavy atom. The molecular formula is C15H24O2. The van der Waals surface area contributed by atoms with Gasteiger partial charge >= 0.3 is 0 Å². The summed E-state index contributed by atoms with van der Waals surface area (Å²) in [6, 6.07) is 3.69. The Hall–Kier alpha value is -1.05. The zero-order chi connectivity index (χ0) is 12.3. The molecule has 0 spiro atoms. The molecule has 0 atom stereocenters. The Bertz CT molecular complexity index is 288. The highest BCUT2D eigenvalue weighted by atomic mass is 16.3. The Morgan fingerprint density at radius 3 is 2.47 bits per heavy atom. The molecule has 2 heteroatoms. The fourth-order valence-electron chi connectivity index (χ4n) is 1.98. The van der Waals surface area contributed by atoms with Gasteiger partial charge in [0.1, 0.15) is 11.5 Å². The fourth-order valence-corrected chi connectivity index (χ4v) is 1.98. The van der Waals surface area contributed by atoms with Crippen LogP contribution in [-0.4, -0.2) is 5.78 Å². The Balaban J connectivity index is 1.94. The van der Waals surface area contributed by atoms with E-state index in [0.717, 1.165) is 12.2 Å². The first-order chi connectivity index (χ1) is 8.33. The molecule has 0 bridgehead atoms. The molecule has 0 fully saturated rings. The van der Waals surface area contributed by atoms with E-state index in [9.17, 15) is 4.79 Å². The summed E-state index contributed by atoms with van der Waals surface area (Å²) in [6.45, 7) is 2.23. The summed E-state index contributed by atoms with van der Waals surface area (Å²) >= 11 is 0. The lowest BCUT2D eigenvalue weighted by Crippen LogP contribution is -2.01. The van der Waals surface area contributed by atoms with E-state index in [2.05, 4.69) is 6.92 Å². The third-order valence-corrected chi connectivity index (χ3v) is 3.01. The fraction of sp³-hybridized carbons (Fsp3) is 0.667. The lowest BCUT2D eigenvalue weighted by molar-refractivity contribution is -0.118. The van der Waals surface area contributed by atoms with E-state index in [1.807, 2.05) is 12.1 Å². The summed E-state index contributed by atoms with van der Waals surface area (Å²) in [4.78, 5) is 11.6. The van der Waals surface area contributed by atoms with Crippen molar-refractivity contribution in [3.05, 3.63) is 24.2 Å². The van der Waals surface area contributed by atoms with Crippen LogP contribution < -0.4 is 0 Å². The van der Waals surface area contributed by atoms with Crippen molar-refractivity contribution in [1.82, 2.24) is 0 Å². The highest BCUT2D eigenvalue weighted by Gasteiger charge is 2.05. The molecule has 0 aromatic carbocycles. The Morgan fingerprint density at radius 2 is 1.82 bits per heavy atom. The van der Waals surface area contributed by atoms with Crippen LogP contribution >= 0.6 is 0 Å². The summed E-state index contributed by atoms with van der Waals surface area (Å²) in [5.74, 6) is 1.09. The maximum absolute atomic E-state index is 11.6. The molecule has 0 aliphatic rings. The Labute approximate surface area is 104 Å². The van der Waals surface area contributed by atoms with Crippen molar-refractivity contribution in [2.75, 3.05) is 0 Å². The van der Waals surface area contributed by atoms with Gasteiger partial charge in [0.15, 0.2) is 0 Å². The summed E-state index contributed by atoms with van der Waals surface area (Å²) < 4.78 is 5.16. The van der Waals surface area contributed by atoms with Crippen LogP contribution in [0.3, 0.4) is 0 Å². The molecule has 0 saturated carbocycles.